The van der Waals surface area contributed by atoms with Gasteiger partial charge in [-0.05, 0) is 30.3 Å². The van der Waals surface area contributed by atoms with E-state index < -0.39 is 11.6 Å². The van der Waals surface area contributed by atoms with E-state index in [-0.39, 0.29) is 18.1 Å². The van der Waals surface area contributed by atoms with Crippen LogP contribution < -0.4 is 4.74 Å². The van der Waals surface area contributed by atoms with Crippen LogP contribution in [0.5, 0.6) is 5.75 Å². The molecule has 2 aromatic rings. The van der Waals surface area contributed by atoms with Crippen molar-refractivity contribution in [3.63, 3.8) is 0 Å². The monoisotopic (exact) mass is 292 g/mol. The minimum absolute atomic E-state index is 0.0663. The number of hydrogen-bond acceptors (Lipinski definition) is 1. The third kappa shape index (κ3) is 3.72. The molecule has 0 N–H and O–H groups in total. The molecule has 0 fully saturated rings. The summed E-state index contributed by atoms with van der Waals surface area (Å²) in [6, 6.07) is 10.3. The Morgan fingerprint density at radius 1 is 1.10 bits per heavy atom. The van der Waals surface area contributed by atoms with Crippen molar-refractivity contribution in [2.45, 2.75) is 6.61 Å². The minimum atomic E-state index is -0.504. The van der Waals surface area contributed by atoms with Crippen LogP contribution in [0.15, 0.2) is 42.5 Å². The average molecular weight is 293 g/mol. The largest absolute Gasteiger partial charge is 0.487 e. The molecule has 0 saturated carbocycles. The fourth-order valence-corrected chi connectivity index (χ4v) is 1.70. The molecule has 0 aliphatic heterocycles. The summed E-state index contributed by atoms with van der Waals surface area (Å²) in [6.07, 6.45) is 0. The van der Waals surface area contributed by atoms with Gasteiger partial charge in [-0.2, -0.15) is 0 Å². The van der Waals surface area contributed by atoms with Gasteiger partial charge in [0.1, 0.15) is 24.0 Å². The number of benzene rings is 2. The SMILES string of the molecule is Fc1ccc(F)c(COc2ccccc2C#CCCl)c1. The topological polar surface area (TPSA) is 9.23 Å². The molecule has 0 aromatic heterocycles. The molecule has 0 atom stereocenters. The number of alkyl halides is 1. The first kappa shape index (κ1) is 14.4. The summed E-state index contributed by atoms with van der Waals surface area (Å²) in [5.41, 5.74) is 0.815. The van der Waals surface area contributed by atoms with E-state index in [2.05, 4.69) is 11.8 Å². The Kier molecular flexibility index (Phi) is 4.97. The van der Waals surface area contributed by atoms with E-state index in [1.807, 2.05) is 6.07 Å². The molecule has 2 rings (SSSR count). The van der Waals surface area contributed by atoms with Crippen LogP contribution in [-0.2, 0) is 6.61 Å². The Balaban J connectivity index is 2.17. The summed E-state index contributed by atoms with van der Waals surface area (Å²) in [5, 5.41) is 0. The van der Waals surface area contributed by atoms with Gasteiger partial charge in [0.25, 0.3) is 0 Å². The van der Waals surface area contributed by atoms with Gasteiger partial charge in [-0.3, -0.25) is 0 Å². The zero-order valence-electron chi connectivity index (χ0n) is 10.5. The molecule has 0 amide bonds. The molecule has 0 radical (unpaired) electrons. The predicted molar refractivity (Wildman–Crippen MR) is 74.7 cm³/mol. The van der Waals surface area contributed by atoms with E-state index in [4.69, 9.17) is 16.3 Å². The Morgan fingerprint density at radius 2 is 1.90 bits per heavy atom. The maximum absolute atomic E-state index is 13.5. The fourth-order valence-electron chi connectivity index (χ4n) is 1.63. The molecule has 0 aliphatic carbocycles. The molecule has 0 aliphatic rings. The summed E-state index contributed by atoms with van der Waals surface area (Å²) in [7, 11) is 0. The molecule has 2 aromatic carbocycles. The van der Waals surface area contributed by atoms with Crippen molar-refractivity contribution in [3.8, 4) is 17.6 Å². The van der Waals surface area contributed by atoms with Gasteiger partial charge in [0, 0.05) is 5.56 Å². The van der Waals surface area contributed by atoms with Crippen molar-refractivity contribution in [1.82, 2.24) is 0 Å². The first-order chi connectivity index (χ1) is 9.70. The summed E-state index contributed by atoms with van der Waals surface area (Å²) < 4.78 is 32.0. The van der Waals surface area contributed by atoms with E-state index in [1.54, 1.807) is 18.2 Å². The number of ether oxygens (including phenoxy) is 1. The minimum Gasteiger partial charge on any atom is -0.487 e. The molecule has 1 nitrogen and oxygen atoms in total. The van der Waals surface area contributed by atoms with Crippen molar-refractivity contribution in [3.05, 3.63) is 65.2 Å². The maximum Gasteiger partial charge on any atom is 0.135 e. The van der Waals surface area contributed by atoms with Crippen molar-refractivity contribution in [2.24, 2.45) is 0 Å². The smallest absolute Gasteiger partial charge is 0.135 e. The lowest BCUT2D eigenvalue weighted by Gasteiger charge is -2.09. The Morgan fingerprint density at radius 3 is 2.70 bits per heavy atom. The second kappa shape index (κ2) is 6.93. The highest BCUT2D eigenvalue weighted by molar-refractivity contribution is 6.19. The molecule has 4 heteroatoms. The highest BCUT2D eigenvalue weighted by Crippen LogP contribution is 2.19. The summed E-state index contributed by atoms with van der Waals surface area (Å²) in [5.74, 6) is 5.29. The predicted octanol–water partition coefficient (Wildman–Crippen LogP) is 4.13. The molecule has 0 bridgehead atoms. The molecule has 0 heterocycles. The van der Waals surface area contributed by atoms with Crippen LogP contribution in [0.1, 0.15) is 11.1 Å². The van der Waals surface area contributed by atoms with Crippen molar-refractivity contribution in [2.75, 3.05) is 5.88 Å². The van der Waals surface area contributed by atoms with Gasteiger partial charge in [0.2, 0.25) is 0 Å². The van der Waals surface area contributed by atoms with Crippen LogP contribution in [0.25, 0.3) is 0 Å². The molecular formula is C16H11ClF2O. The first-order valence-corrected chi connectivity index (χ1v) is 6.45. The van der Waals surface area contributed by atoms with Crippen molar-refractivity contribution in [1.29, 1.82) is 0 Å². The number of rotatable bonds is 3. The van der Waals surface area contributed by atoms with Crippen molar-refractivity contribution >= 4 is 11.6 Å². The third-order valence-corrected chi connectivity index (χ3v) is 2.70. The van der Waals surface area contributed by atoms with Crippen LogP contribution in [-0.4, -0.2) is 5.88 Å². The Hall–Kier alpha value is -2.05. The number of para-hydroxylation sites is 1. The van der Waals surface area contributed by atoms with Gasteiger partial charge in [0.05, 0.1) is 11.4 Å². The lowest BCUT2D eigenvalue weighted by molar-refractivity contribution is 0.298. The zero-order valence-corrected chi connectivity index (χ0v) is 11.3. The molecule has 0 spiro atoms. The van der Waals surface area contributed by atoms with Crippen molar-refractivity contribution < 1.29 is 13.5 Å². The van der Waals surface area contributed by atoms with Crippen LogP contribution in [0, 0.1) is 23.5 Å². The van der Waals surface area contributed by atoms with Gasteiger partial charge in [-0.1, -0.05) is 24.0 Å². The Labute approximate surface area is 121 Å². The molecule has 20 heavy (non-hydrogen) atoms. The van der Waals surface area contributed by atoms with Gasteiger partial charge in [0.15, 0.2) is 0 Å². The maximum atomic E-state index is 13.5. The molecule has 0 unspecified atom stereocenters. The van der Waals surface area contributed by atoms with Crippen LogP contribution >= 0.6 is 11.6 Å². The van der Waals surface area contributed by atoms with Crippen LogP contribution in [0.2, 0.25) is 0 Å². The second-order valence-electron chi connectivity index (χ2n) is 3.96. The lowest BCUT2D eigenvalue weighted by Crippen LogP contribution is -2.00. The second-order valence-corrected chi connectivity index (χ2v) is 4.22. The molecular weight excluding hydrogens is 282 g/mol. The standard InChI is InChI=1S/C16H11ClF2O/c17-9-3-5-12-4-1-2-6-16(12)20-11-13-10-14(18)7-8-15(13)19/h1-2,4,6-8,10H,9,11H2. The summed E-state index contributed by atoms with van der Waals surface area (Å²) in [6.45, 7) is -0.0663. The van der Waals surface area contributed by atoms with Gasteiger partial charge in [-0.25, -0.2) is 8.78 Å². The lowest BCUT2D eigenvalue weighted by atomic mass is 10.2. The fraction of sp³-hybridized carbons (Fsp3) is 0.125. The van der Waals surface area contributed by atoms with Gasteiger partial charge >= 0.3 is 0 Å². The highest BCUT2D eigenvalue weighted by Gasteiger charge is 2.06. The van der Waals surface area contributed by atoms with E-state index in [0.29, 0.717) is 11.3 Å². The van der Waals surface area contributed by atoms with E-state index in [0.717, 1.165) is 18.2 Å². The summed E-state index contributed by atoms with van der Waals surface area (Å²) in [4.78, 5) is 0. The first-order valence-electron chi connectivity index (χ1n) is 5.91. The number of hydrogen-bond donors (Lipinski definition) is 0. The highest BCUT2D eigenvalue weighted by atomic mass is 35.5. The Bertz CT molecular complexity index is 659. The molecule has 0 saturated heterocycles. The van der Waals surface area contributed by atoms with E-state index in [9.17, 15) is 8.78 Å². The van der Waals surface area contributed by atoms with Crippen LogP contribution in [0.4, 0.5) is 8.78 Å². The average Bonchev–Trinajstić information content (AvgIpc) is 2.47. The van der Waals surface area contributed by atoms with Gasteiger partial charge < -0.3 is 4.74 Å². The zero-order chi connectivity index (χ0) is 14.4. The summed E-state index contributed by atoms with van der Waals surface area (Å²) >= 11 is 5.51. The normalized spacial score (nSPS) is 9.75. The number of halogens is 3. The molecule has 102 valence electrons. The van der Waals surface area contributed by atoms with E-state index >= 15 is 0 Å². The van der Waals surface area contributed by atoms with E-state index in [1.165, 1.54) is 0 Å². The third-order valence-electron chi connectivity index (χ3n) is 2.57. The van der Waals surface area contributed by atoms with Crippen LogP contribution in [0.3, 0.4) is 0 Å². The van der Waals surface area contributed by atoms with Gasteiger partial charge in [-0.15, -0.1) is 11.6 Å². The quantitative estimate of drug-likeness (QED) is 0.610.